The fraction of sp³-hybridized carbons (Fsp3) is 0.562. The summed E-state index contributed by atoms with van der Waals surface area (Å²) >= 11 is 0. The minimum absolute atomic E-state index is 0.00704. The van der Waals surface area contributed by atoms with Crippen molar-refractivity contribution in [1.29, 1.82) is 0 Å². The highest BCUT2D eigenvalue weighted by atomic mass is 19.4. The van der Waals surface area contributed by atoms with Gasteiger partial charge >= 0.3 is 6.18 Å². The van der Waals surface area contributed by atoms with Gasteiger partial charge in [0.25, 0.3) is 6.20 Å². The second-order valence-corrected chi connectivity index (χ2v) is 6.01. The van der Waals surface area contributed by atoms with Gasteiger partial charge in [-0.2, -0.15) is 18.2 Å². The van der Waals surface area contributed by atoms with Gasteiger partial charge in [0, 0.05) is 26.3 Å². The Morgan fingerprint density at radius 1 is 1.45 bits per heavy atom. The van der Waals surface area contributed by atoms with E-state index in [0.717, 1.165) is 25.0 Å². The highest BCUT2D eigenvalue weighted by Gasteiger charge is 2.32. The van der Waals surface area contributed by atoms with E-state index < -0.39 is 16.7 Å². The van der Waals surface area contributed by atoms with Crippen LogP contribution in [0.15, 0.2) is 24.2 Å². The second kappa shape index (κ2) is 10.7. The number of nitrogens with zero attached hydrogens (tertiary/aromatic N) is 2. The zero-order valence-corrected chi connectivity index (χ0v) is 15.6. The molecular formula is C16H22F3N5O5. The minimum Gasteiger partial charge on any atom is -0.475 e. The molecule has 0 saturated carbocycles. The van der Waals surface area contributed by atoms with E-state index in [1.807, 2.05) is 0 Å². The minimum atomic E-state index is -4.63. The first-order valence-electron chi connectivity index (χ1n) is 8.72. The van der Waals surface area contributed by atoms with E-state index in [2.05, 4.69) is 21.2 Å². The van der Waals surface area contributed by atoms with Gasteiger partial charge in [-0.05, 0) is 18.9 Å². The van der Waals surface area contributed by atoms with Gasteiger partial charge in [0.2, 0.25) is 5.88 Å². The second-order valence-electron chi connectivity index (χ2n) is 6.01. The number of aromatic nitrogens is 1. The van der Waals surface area contributed by atoms with Crippen LogP contribution in [0.3, 0.4) is 0 Å². The third kappa shape index (κ3) is 7.99. The molecule has 1 unspecified atom stereocenters. The van der Waals surface area contributed by atoms with E-state index in [4.69, 9.17) is 14.2 Å². The first kappa shape index (κ1) is 22.5. The van der Waals surface area contributed by atoms with Crippen molar-refractivity contribution in [2.24, 2.45) is 0 Å². The van der Waals surface area contributed by atoms with Crippen LogP contribution in [0.4, 0.5) is 19.0 Å². The molecule has 0 amide bonds. The lowest BCUT2D eigenvalue weighted by Gasteiger charge is -2.17. The number of nitrogens with one attached hydrogen (secondary N) is 3. The van der Waals surface area contributed by atoms with E-state index in [1.165, 1.54) is 7.11 Å². The van der Waals surface area contributed by atoms with Gasteiger partial charge in [-0.25, -0.2) is 0 Å². The molecule has 1 aromatic rings. The number of anilines is 1. The SMILES string of the molecule is COCCOc1cc(C(F)(F)F)cc(NN/C(=C\[N+](=O)[O-])NCC2CCCO2)n1. The summed E-state index contributed by atoms with van der Waals surface area (Å²) in [5, 5.41) is 13.6. The molecular weight excluding hydrogens is 399 g/mol. The Labute approximate surface area is 164 Å². The van der Waals surface area contributed by atoms with Gasteiger partial charge in [0.15, 0.2) is 5.82 Å². The van der Waals surface area contributed by atoms with Crippen LogP contribution >= 0.6 is 0 Å². The molecule has 0 aromatic carbocycles. The Kier molecular flexibility index (Phi) is 8.27. The van der Waals surface area contributed by atoms with Crippen LogP contribution in [0.25, 0.3) is 0 Å². The number of hydrogen-bond donors (Lipinski definition) is 3. The van der Waals surface area contributed by atoms with Gasteiger partial charge in [0.05, 0.1) is 23.2 Å². The molecule has 29 heavy (non-hydrogen) atoms. The van der Waals surface area contributed by atoms with Crippen LogP contribution in [0.5, 0.6) is 5.88 Å². The number of hydrogen-bond acceptors (Lipinski definition) is 9. The Bertz CT molecular complexity index is 711. The van der Waals surface area contributed by atoms with Crippen LogP contribution < -0.4 is 20.9 Å². The lowest BCUT2D eigenvalue weighted by molar-refractivity contribution is -0.404. The fourth-order valence-electron chi connectivity index (χ4n) is 2.42. The summed E-state index contributed by atoms with van der Waals surface area (Å²) in [6.45, 7) is 1.09. The van der Waals surface area contributed by atoms with Crippen molar-refractivity contribution in [3.63, 3.8) is 0 Å². The van der Waals surface area contributed by atoms with Crippen molar-refractivity contribution in [1.82, 2.24) is 15.7 Å². The van der Waals surface area contributed by atoms with E-state index in [-0.39, 0.29) is 36.8 Å². The predicted molar refractivity (Wildman–Crippen MR) is 95.4 cm³/mol. The van der Waals surface area contributed by atoms with Crippen LogP contribution in [-0.2, 0) is 15.7 Å². The van der Waals surface area contributed by atoms with Gasteiger partial charge in [0.1, 0.15) is 12.4 Å². The lowest BCUT2D eigenvalue weighted by Crippen LogP contribution is -2.36. The molecule has 1 aromatic heterocycles. The highest BCUT2D eigenvalue weighted by molar-refractivity contribution is 5.42. The molecule has 1 fully saturated rings. The molecule has 1 atom stereocenters. The number of nitro groups is 1. The number of ether oxygens (including phenoxy) is 3. The van der Waals surface area contributed by atoms with E-state index in [9.17, 15) is 23.3 Å². The van der Waals surface area contributed by atoms with Crippen LogP contribution in [0.1, 0.15) is 18.4 Å². The van der Waals surface area contributed by atoms with Gasteiger partial charge < -0.3 is 19.5 Å². The summed E-state index contributed by atoms with van der Waals surface area (Å²) in [4.78, 5) is 14.0. The summed E-state index contributed by atoms with van der Waals surface area (Å²) in [5.74, 6) is -0.569. The lowest BCUT2D eigenvalue weighted by atomic mass is 10.2. The standard InChI is InChI=1S/C16H22F3N5O5/c1-27-5-6-29-15-8-11(16(17,18)19)7-13(21-15)22-23-14(10-24(25)26)20-9-12-3-2-4-28-12/h7-8,10,12,20,23H,2-6,9H2,1H3,(H,21,22)/b14-10-. The number of hydrazine groups is 1. The normalized spacial score (nSPS) is 17.1. The van der Waals surface area contributed by atoms with Crippen molar-refractivity contribution >= 4 is 5.82 Å². The molecule has 3 N–H and O–H groups in total. The Morgan fingerprint density at radius 3 is 2.86 bits per heavy atom. The molecule has 2 heterocycles. The van der Waals surface area contributed by atoms with Crippen LogP contribution in [-0.4, -0.2) is 49.5 Å². The van der Waals surface area contributed by atoms with Crippen molar-refractivity contribution in [2.45, 2.75) is 25.1 Å². The third-order valence-electron chi connectivity index (χ3n) is 3.77. The Morgan fingerprint density at radius 2 is 2.24 bits per heavy atom. The largest absolute Gasteiger partial charge is 0.475 e. The van der Waals surface area contributed by atoms with Gasteiger partial charge in [-0.1, -0.05) is 0 Å². The molecule has 0 aliphatic carbocycles. The number of alkyl halides is 3. The maximum Gasteiger partial charge on any atom is 0.416 e. The number of rotatable bonds is 11. The summed E-state index contributed by atoms with van der Waals surface area (Å²) in [6.07, 6.45) is -2.38. The summed E-state index contributed by atoms with van der Waals surface area (Å²) < 4.78 is 54.7. The zero-order valence-electron chi connectivity index (χ0n) is 15.6. The summed E-state index contributed by atoms with van der Waals surface area (Å²) in [5.41, 5.74) is 3.89. The molecule has 0 spiro atoms. The quantitative estimate of drug-likeness (QED) is 0.279. The number of pyridine rings is 1. The first-order chi connectivity index (χ1) is 13.8. The van der Waals surface area contributed by atoms with Crippen molar-refractivity contribution in [3.05, 3.63) is 39.8 Å². The first-order valence-corrected chi connectivity index (χ1v) is 8.72. The van der Waals surface area contributed by atoms with E-state index in [1.54, 1.807) is 0 Å². The molecule has 1 saturated heterocycles. The molecule has 1 aliphatic heterocycles. The fourth-order valence-corrected chi connectivity index (χ4v) is 2.42. The smallest absolute Gasteiger partial charge is 0.416 e. The third-order valence-corrected chi connectivity index (χ3v) is 3.77. The Balaban J connectivity index is 2.07. The molecule has 0 bridgehead atoms. The molecule has 162 valence electrons. The monoisotopic (exact) mass is 421 g/mol. The van der Waals surface area contributed by atoms with Gasteiger partial charge in [-0.15, -0.1) is 0 Å². The highest BCUT2D eigenvalue weighted by Crippen LogP contribution is 2.32. The molecule has 10 nitrogen and oxygen atoms in total. The zero-order chi connectivity index (χ0) is 21.3. The number of methoxy groups -OCH3 is 1. The molecule has 0 radical (unpaired) electrons. The topological polar surface area (TPSA) is 120 Å². The maximum absolute atomic E-state index is 13.1. The van der Waals surface area contributed by atoms with Crippen molar-refractivity contribution < 1.29 is 32.3 Å². The predicted octanol–water partition coefficient (Wildman–Crippen LogP) is 1.89. The van der Waals surface area contributed by atoms with Crippen molar-refractivity contribution in [3.8, 4) is 5.88 Å². The van der Waals surface area contributed by atoms with E-state index in [0.29, 0.717) is 19.4 Å². The summed E-state index contributed by atoms with van der Waals surface area (Å²) in [6, 6.07) is 1.50. The van der Waals surface area contributed by atoms with Crippen LogP contribution in [0, 0.1) is 10.1 Å². The molecule has 13 heteroatoms. The molecule has 2 rings (SSSR count). The average molecular weight is 421 g/mol. The maximum atomic E-state index is 13.1. The van der Waals surface area contributed by atoms with E-state index >= 15 is 0 Å². The molecule has 1 aliphatic rings. The van der Waals surface area contributed by atoms with Gasteiger partial charge in [-0.3, -0.25) is 21.0 Å². The van der Waals surface area contributed by atoms with Crippen molar-refractivity contribution in [2.75, 3.05) is 38.9 Å². The summed E-state index contributed by atoms with van der Waals surface area (Å²) in [7, 11) is 1.42. The number of halogens is 3. The Hall–Kier alpha value is -2.80. The average Bonchev–Trinajstić information content (AvgIpc) is 3.16. The van der Waals surface area contributed by atoms with Crippen LogP contribution in [0.2, 0.25) is 0 Å².